The van der Waals surface area contributed by atoms with Crippen LogP contribution in [-0.4, -0.2) is 85.7 Å². The van der Waals surface area contributed by atoms with E-state index >= 15 is 0 Å². The molecule has 9 heteroatoms. The summed E-state index contributed by atoms with van der Waals surface area (Å²) in [6.07, 6.45) is 6.13. The highest BCUT2D eigenvalue weighted by molar-refractivity contribution is 7.89. The predicted molar refractivity (Wildman–Crippen MR) is 132 cm³/mol. The van der Waals surface area contributed by atoms with Gasteiger partial charge in [0.1, 0.15) is 6.04 Å². The molecule has 2 amide bonds. The van der Waals surface area contributed by atoms with Gasteiger partial charge in [-0.1, -0.05) is 20.3 Å². The molecule has 3 aliphatic rings. The van der Waals surface area contributed by atoms with Crippen LogP contribution in [0.5, 0.6) is 0 Å². The van der Waals surface area contributed by atoms with Crippen LogP contribution in [0, 0.1) is 0 Å². The van der Waals surface area contributed by atoms with Crippen LogP contribution in [0.1, 0.15) is 58.4 Å². The van der Waals surface area contributed by atoms with Gasteiger partial charge >= 0.3 is 0 Å². The molecule has 0 spiro atoms. The minimum atomic E-state index is -3.61. The molecule has 3 heterocycles. The number of piperidine rings is 2. The molecule has 0 N–H and O–H groups in total. The minimum absolute atomic E-state index is 0.0309. The lowest BCUT2D eigenvalue weighted by Crippen LogP contribution is -2.53. The van der Waals surface area contributed by atoms with Gasteiger partial charge in [-0.3, -0.25) is 14.5 Å². The Kier molecular flexibility index (Phi) is 7.64. The van der Waals surface area contributed by atoms with Crippen LogP contribution in [0.3, 0.4) is 0 Å². The summed E-state index contributed by atoms with van der Waals surface area (Å²) in [6.45, 7) is 9.62. The number of amides is 2. The molecule has 0 radical (unpaired) electrons. The second-order valence-corrected chi connectivity index (χ2v) is 11.6. The Labute approximate surface area is 203 Å². The smallest absolute Gasteiger partial charge is 0.246 e. The van der Waals surface area contributed by atoms with E-state index in [0.717, 1.165) is 31.5 Å². The van der Waals surface area contributed by atoms with E-state index in [9.17, 15) is 18.0 Å². The van der Waals surface area contributed by atoms with Gasteiger partial charge in [0.2, 0.25) is 21.8 Å². The molecular weight excluding hydrogens is 452 g/mol. The first-order chi connectivity index (χ1) is 16.3. The van der Waals surface area contributed by atoms with Crippen molar-refractivity contribution in [2.75, 3.05) is 44.2 Å². The monoisotopic (exact) mass is 490 g/mol. The number of rotatable bonds is 6. The first-order valence-corrected chi connectivity index (χ1v) is 14.2. The molecule has 1 aromatic carbocycles. The fourth-order valence-corrected chi connectivity index (χ4v) is 7.34. The van der Waals surface area contributed by atoms with Crippen molar-refractivity contribution in [3.8, 4) is 0 Å². The zero-order valence-electron chi connectivity index (χ0n) is 20.7. The van der Waals surface area contributed by atoms with E-state index in [0.29, 0.717) is 44.3 Å². The maximum atomic E-state index is 13.5. The lowest BCUT2D eigenvalue weighted by Gasteiger charge is -2.41. The number of carbonyl (C=O) groups is 2. The predicted octanol–water partition coefficient (Wildman–Crippen LogP) is 2.47. The molecule has 4 rings (SSSR count). The van der Waals surface area contributed by atoms with Gasteiger partial charge in [-0.2, -0.15) is 4.31 Å². The molecule has 1 unspecified atom stereocenters. The molecule has 0 bridgehead atoms. The molecule has 34 heavy (non-hydrogen) atoms. The number of anilines is 1. The molecule has 8 nitrogen and oxygen atoms in total. The Morgan fingerprint density at radius 2 is 1.65 bits per heavy atom. The van der Waals surface area contributed by atoms with Gasteiger partial charge in [0.25, 0.3) is 0 Å². The lowest BCUT2D eigenvalue weighted by molar-refractivity contribution is -0.135. The molecule has 2 fully saturated rings. The van der Waals surface area contributed by atoms with Crippen LogP contribution in [0.2, 0.25) is 0 Å². The second-order valence-electron chi connectivity index (χ2n) is 9.64. The number of hydrogen-bond donors (Lipinski definition) is 0. The Morgan fingerprint density at radius 1 is 1.00 bits per heavy atom. The number of nitrogens with zero attached hydrogens (tertiary/aromatic N) is 4. The van der Waals surface area contributed by atoms with Crippen LogP contribution < -0.4 is 4.90 Å². The van der Waals surface area contributed by atoms with Crippen LogP contribution in [0.4, 0.5) is 5.69 Å². The van der Waals surface area contributed by atoms with Gasteiger partial charge in [0.15, 0.2) is 0 Å². The highest BCUT2D eigenvalue weighted by Crippen LogP contribution is 2.36. The van der Waals surface area contributed by atoms with Crippen LogP contribution in [0.15, 0.2) is 23.1 Å². The molecule has 2 saturated heterocycles. The van der Waals surface area contributed by atoms with Crippen molar-refractivity contribution < 1.29 is 18.0 Å². The van der Waals surface area contributed by atoms with Gasteiger partial charge in [0, 0.05) is 51.3 Å². The van der Waals surface area contributed by atoms with E-state index in [4.69, 9.17) is 0 Å². The topological polar surface area (TPSA) is 81.2 Å². The molecule has 188 valence electrons. The molecule has 1 aromatic rings. The van der Waals surface area contributed by atoms with E-state index in [1.807, 2.05) is 18.7 Å². The molecule has 0 saturated carbocycles. The van der Waals surface area contributed by atoms with Crippen molar-refractivity contribution in [1.29, 1.82) is 0 Å². The minimum Gasteiger partial charge on any atom is -0.341 e. The highest BCUT2D eigenvalue weighted by atomic mass is 32.2. The highest BCUT2D eigenvalue weighted by Gasteiger charge is 2.41. The van der Waals surface area contributed by atoms with Crippen molar-refractivity contribution in [1.82, 2.24) is 14.1 Å². The first kappa shape index (κ1) is 25.1. The van der Waals surface area contributed by atoms with E-state index in [-0.39, 0.29) is 16.7 Å². The van der Waals surface area contributed by atoms with Gasteiger partial charge in [0.05, 0.1) is 4.90 Å². The number of hydrogen-bond acceptors (Lipinski definition) is 5. The summed E-state index contributed by atoms with van der Waals surface area (Å²) < 4.78 is 27.4. The van der Waals surface area contributed by atoms with E-state index in [1.165, 1.54) is 30.5 Å². The number of carbonyl (C=O) groups excluding carboxylic acids is 2. The Morgan fingerprint density at radius 3 is 2.24 bits per heavy atom. The zero-order chi connectivity index (χ0) is 24.5. The summed E-state index contributed by atoms with van der Waals surface area (Å²) in [6, 6.07) is 4.82. The average molecular weight is 491 g/mol. The molecular formula is C25H38N4O4S. The number of sulfonamides is 1. The molecule has 1 atom stereocenters. The zero-order valence-corrected chi connectivity index (χ0v) is 21.5. The first-order valence-electron chi connectivity index (χ1n) is 12.7. The fourth-order valence-electron chi connectivity index (χ4n) is 5.83. The van der Waals surface area contributed by atoms with Gasteiger partial charge < -0.3 is 9.80 Å². The third kappa shape index (κ3) is 4.75. The van der Waals surface area contributed by atoms with Crippen LogP contribution in [0.25, 0.3) is 0 Å². The summed E-state index contributed by atoms with van der Waals surface area (Å²) in [5.74, 6) is -0.226. The standard InChI is InChI=1S/C25H38N4O4S/c1-4-28(5-2)34(32,33)22-9-10-23-20(17-22)18-24(29(23)19(3)30)25(31)27-15-11-21(12-16-27)26-13-7-6-8-14-26/h9-10,17,21,24H,4-8,11-16,18H2,1-3H3. The maximum Gasteiger partial charge on any atom is 0.246 e. The summed E-state index contributed by atoms with van der Waals surface area (Å²) in [7, 11) is -3.61. The normalized spacial score (nSPS) is 22.3. The van der Waals surface area contributed by atoms with Crippen LogP contribution in [-0.2, 0) is 26.0 Å². The number of fused-ring (bicyclic) bond motifs is 1. The van der Waals surface area contributed by atoms with E-state index in [1.54, 1.807) is 23.1 Å². The quantitative estimate of drug-likeness (QED) is 0.612. The Bertz CT molecular complexity index is 1010. The van der Waals surface area contributed by atoms with Crippen molar-refractivity contribution in [2.45, 2.75) is 76.3 Å². The maximum absolute atomic E-state index is 13.5. The van der Waals surface area contributed by atoms with E-state index < -0.39 is 16.1 Å². The van der Waals surface area contributed by atoms with Gasteiger partial charge in [-0.05, 0) is 62.5 Å². The summed E-state index contributed by atoms with van der Waals surface area (Å²) >= 11 is 0. The summed E-state index contributed by atoms with van der Waals surface area (Å²) in [5, 5.41) is 0. The largest absolute Gasteiger partial charge is 0.341 e. The van der Waals surface area contributed by atoms with Gasteiger partial charge in [-0.15, -0.1) is 0 Å². The number of likely N-dealkylation sites (tertiary alicyclic amines) is 2. The van der Waals surface area contributed by atoms with Crippen LogP contribution >= 0.6 is 0 Å². The van der Waals surface area contributed by atoms with E-state index in [2.05, 4.69) is 4.90 Å². The third-order valence-electron chi connectivity index (χ3n) is 7.69. The SMILES string of the molecule is CCN(CC)S(=O)(=O)c1ccc2c(c1)CC(C(=O)N1CCC(N3CCCCC3)CC1)N2C(C)=O. The Hall–Kier alpha value is -1.97. The lowest BCUT2D eigenvalue weighted by atomic mass is 9.99. The van der Waals surface area contributed by atoms with Crippen molar-refractivity contribution in [3.63, 3.8) is 0 Å². The Balaban J connectivity index is 1.50. The fraction of sp³-hybridized carbons (Fsp3) is 0.680. The molecule has 0 aliphatic carbocycles. The molecule has 0 aromatic heterocycles. The average Bonchev–Trinajstić information content (AvgIpc) is 3.24. The van der Waals surface area contributed by atoms with Gasteiger partial charge in [-0.25, -0.2) is 8.42 Å². The molecule has 3 aliphatic heterocycles. The summed E-state index contributed by atoms with van der Waals surface area (Å²) in [5.41, 5.74) is 1.39. The summed E-state index contributed by atoms with van der Waals surface area (Å²) in [4.78, 5) is 32.4. The van der Waals surface area contributed by atoms with Crippen molar-refractivity contribution in [2.24, 2.45) is 0 Å². The van der Waals surface area contributed by atoms with Crippen molar-refractivity contribution >= 4 is 27.5 Å². The second kappa shape index (κ2) is 10.3. The third-order valence-corrected chi connectivity index (χ3v) is 9.73. The van der Waals surface area contributed by atoms with Crippen molar-refractivity contribution in [3.05, 3.63) is 23.8 Å². The number of benzene rings is 1.